The molecule has 1 saturated heterocycles. The SMILES string of the molecule is O=C1C/C(=C\c2ccco2)C(=O)O1. The highest BCUT2D eigenvalue weighted by Gasteiger charge is 2.26. The molecule has 0 aromatic carbocycles. The summed E-state index contributed by atoms with van der Waals surface area (Å²) in [6.07, 6.45) is 3.03. The second-order valence-corrected chi connectivity index (χ2v) is 2.62. The van der Waals surface area contributed by atoms with E-state index in [9.17, 15) is 9.59 Å². The Kier molecular flexibility index (Phi) is 1.73. The van der Waals surface area contributed by atoms with Gasteiger partial charge in [0.15, 0.2) is 0 Å². The summed E-state index contributed by atoms with van der Waals surface area (Å²) in [7, 11) is 0. The third-order valence-electron chi connectivity index (χ3n) is 1.66. The number of carbonyl (C=O) groups is 2. The summed E-state index contributed by atoms with van der Waals surface area (Å²) >= 11 is 0. The van der Waals surface area contributed by atoms with Gasteiger partial charge in [-0.2, -0.15) is 0 Å². The molecule has 1 aromatic heterocycles. The molecule has 1 aromatic rings. The molecule has 66 valence electrons. The summed E-state index contributed by atoms with van der Waals surface area (Å²) in [5.74, 6) is -0.550. The van der Waals surface area contributed by atoms with Crippen LogP contribution in [-0.2, 0) is 14.3 Å². The molecule has 1 aliphatic rings. The van der Waals surface area contributed by atoms with Gasteiger partial charge in [0.05, 0.1) is 18.3 Å². The molecule has 0 bridgehead atoms. The summed E-state index contributed by atoms with van der Waals surface area (Å²) in [6, 6.07) is 3.40. The number of ether oxygens (including phenoxy) is 1. The fourth-order valence-corrected chi connectivity index (χ4v) is 1.09. The molecule has 0 saturated carbocycles. The fraction of sp³-hybridized carbons (Fsp3) is 0.111. The van der Waals surface area contributed by atoms with Crippen molar-refractivity contribution in [2.24, 2.45) is 0 Å². The Labute approximate surface area is 73.8 Å². The average Bonchev–Trinajstić information content (AvgIpc) is 2.63. The molecule has 0 amide bonds. The molecule has 0 radical (unpaired) electrons. The van der Waals surface area contributed by atoms with E-state index >= 15 is 0 Å². The Hall–Kier alpha value is -1.84. The topological polar surface area (TPSA) is 56.5 Å². The van der Waals surface area contributed by atoms with E-state index in [0.717, 1.165) is 0 Å². The first kappa shape index (κ1) is 7.79. The maximum absolute atomic E-state index is 11.0. The van der Waals surface area contributed by atoms with Gasteiger partial charge < -0.3 is 9.15 Å². The van der Waals surface area contributed by atoms with E-state index in [4.69, 9.17) is 4.42 Å². The molecule has 1 fully saturated rings. The molecular formula is C9H6O4. The van der Waals surface area contributed by atoms with Crippen molar-refractivity contribution in [1.82, 2.24) is 0 Å². The van der Waals surface area contributed by atoms with Gasteiger partial charge in [-0.05, 0) is 18.2 Å². The van der Waals surface area contributed by atoms with Gasteiger partial charge in [0, 0.05) is 0 Å². The molecular weight excluding hydrogens is 172 g/mol. The van der Waals surface area contributed by atoms with Crippen LogP contribution in [0.5, 0.6) is 0 Å². The summed E-state index contributed by atoms with van der Waals surface area (Å²) in [6.45, 7) is 0. The molecule has 2 rings (SSSR count). The largest absolute Gasteiger partial charge is 0.465 e. The summed E-state index contributed by atoms with van der Waals surface area (Å²) in [4.78, 5) is 21.6. The average molecular weight is 178 g/mol. The zero-order valence-electron chi connectivity index (χ0n) is 6.65. The predicted octanol–water partition coefficient (Wildman–Crippen LogP) is 1.14. The third-order valence-corrected chi connectivity index (χ3v) is 1.66. The number of carbonyl (C=O) groups excluding carboxylic acids is 2. The molecule has 0 atom stereocenters. The highest BCUT2D eigenvalue weighted by Crippen LogP contribution is 2.18. The lowest BCUT2D eigenvalue weighted by Gasteiger charge is -1.87. The molecule has 2 heterocycles. The van der Waals surface area contributed by atoms with Gasteiger partial charge in [-0.1, -0.05) is 0 Å². The van der Waals surface area contributed by atoms with E-state index < -0.39 is 11.9 Å². The van der Waals surface area contributed by atoms with Crippen LogP contribution < -0.4 is 0 Å². The minimum absolute atomic E-state index is 0.0273. The molecule has 1 aliphatic heterocycles. The van der Waals surface area contributed by atoms with Crippen LogP contribution in [0, 0.1) is 0 Å². The van der Waals surface area contributed by atoms with Gasteiger partial charge in [-0.25, -0.2) is 4.79 Å². The van der Waals surface area contributed by atoms with E-state index in [1.54, 1.807) is 12.1 Å². The van der Waals surface area contributed by atoms with Gasteiger partial charge in [-0.3, -0.25) is 4.79 Å². The third kappa shape index (κ3) is 1.51. The second-order valence-electron chi connectivity index (χ2n) is 2.62. The molecule has 0 N–H and O–H groups in total. The lowest BCUT2D eigenvalue weighted by Crippen LogP contribution is -1.96. The van der Waals surface area contributed by atoms with Crippen LogP contribution in [0.2, 0.25) is 0 Å². The first-order valence-corrected chi connectivity index (χ1v) is 3.75. The van der Waals surface area contributed by atoms with Crippen molar-refractivity contribution in [3.05, 3.63) is 29.7 Å². The zero-order valence-corrected chi connectivity index (χ0v) is 6.65. The lowest BCUT2D eigenvalue weighted by molar-refractivity contribution is -0.151. The first-order chi connectivity index (χ1) is 6.25. The van der Waals surface area contributed by atoms with E-state index in [-0.39, 0.29) is 6.42 Å². The van der Waals surface area contributed by atoms with Gasteiger partial charge in [0.25, 0.3) is 0 Å². The monoisotopic (exact) mass is 178 g/mol. The summed E-state index contributed by atoms with van der Waals surface area (Å²) < 4.78 is 9.32. The zero-order chi connectivity index (χ0) is 9.26. The predicted molar refractivity (Wildman–Crippen MR) is 42.4 cm³/mol. The van der Waals surface area contributed by atoms with Gasteiger partial charge in [0.2, 0.25) is 0 Å². The number of cyclic esters (lactones) is 2. The standard InChI is InChI=1S/C9H6O4/c10-8-5-6(9(11)13-8)4-7-2-1-3-12-7/h1-4H,5H2/b6-4+. The van der Waals surface area contributed by atoms with Crippen LogP contribution in [0.25, 0.3) is 6.08 Å². The minimum atomic E-state index is -0.582. The van der Waals surface area contributed by atoms with Crippen molar-refractivity contribution >= 4 is 18.0 Å². The number of furan rings is 1. The fourth-order valence-electron chi connectivity index (χ4n) is 1.09. The van der Waals surface area contributed by atoms with Crippen molar-refractivity contribution in [2.45, 2.75) is 6.42 Å². The highest BCUT2D eigenvalue weighted by atomic mass is 16.6. The van der Waals surface area contributed by atoms with Gasteiger partial charge >= 0.3 is 11.9 Å². The smallest absolute Gasteiger partial charge is 0.342 e. The molecule has 4 heteroatoms. The number of hydrogen-bond acceptors (Lipinski definition) is 4. The Morgan fingerprint density at radius 3 is 2.77 bits per heavy atom. The Morgan fingerprint density at radius 2 is 2.23 bits per heavy atom. The van der Waals surface area contributed by atoms with Crippen molar-refractivity contribution in [2.75, 3.05) is 0 Å². The molecule has 0 aliphatic carbocycles. The van der Waals surface area contributed by atoms with Crippen LogP contribution in [0.3, 0.4) is 0 Å². The maximum atomic E-state index is 11.0. The molecule has 13 heavy (non-hydrogen) atoms. The van der Waals surface area contributed by atoms with E-state index in [1.165, 1.54) is 12.3 Å². The van der Waals surface area contributed by atoms with E-state index in [2.05, 4.69) is 4.74 Å². The van der Waals surface area contributed by atoms with E-state index in [0.29, 0.717) is 11.3 Å². The van der Waals surface area contributed by atoms with Crippen molar-refractivity contribution in [3.63, 3.8) is 0 Å². The van der Waals surface area contributed by atoms with Gasteiger partial charge in [0.1, 0.15) is 5.76 Å². The Bertz CT molecular complexity index is 372. The number of rotatable bonds is 1. The quantitative estimate of drug-likeness (QED) is 0.367. The normalized spacial score (nSPS) is 19.5. The molecule has 4 nitrogen and oxygen atoms in total. The van der Waals surface area contributed by atoms with Crippen molar-refractivity contribution in [3.8, 4) is 0 Å². The van der Waals surface area contributed by atoms with Crippen LogP contribution in [0.1, 0.15) is 12.2 Å². The highest BCUT2D eigenvalue weighted by molar-refractivity contribution is 6.08. The van der Waals surface area contributed by atoms with Crippen molar-refractivity contribution < 1.29 is 18.7 Å². The molecule has 0 spiro atoms. The van der Waals surface area contributed by atoms with Crippen LogP contribution in [0.15, 0.2) is 28.4 Å². The minimum Gasteiger partial charge on any atom is -0.465 e. The number of esters is 2. The second kappa shape index (κ2) is 2.90. The molecule has 0 unspecified atom stereocenters. The Morgan fingerprint density at radius 1 is 1.38 bits per heavy atom. The van der Waals surface area contributed by atoms with Gasteiger partial charge in [-0.15, -0.1) is 0 Å². The van der Waals surface area contributed by atoms with Crippen LogP contribution in [0.4, 0.5) is 0 Å². The Balaban J connectivity index is 2.27. The van der Waals surface area contributed by atoms with E-state index in [1.807, 2.05) is 0 Å². The lowest BCUT2D eigenvalue weighted by atomic mass is 10.2. The summed E-state index contributed by atoms with van der Waals surface area (Å²) in [5, 5.41) is 0. The van der Waals surface area contributed by atoms with Crippen LogP contribution in [-0.4, -0.2) is 11.9 Å². The number of hydrogen-bond donors (Lipinski definition) is 0. The first-order valence-electron chi connectivity index (χ1n) is 3.75. The maximum Gasteiger partial charge on any atom is 0.342 e. The van der Waals surface area contributed by atoms with Crippen molar-refractivity contribution in [1.29, 1.82) is 0 Å². The summed E-state index contributed by atoms with van der Waals surface area (Å²) in [5.41, 5.74) is 0.333. The van der Waals surface area contributed by atoms with Crippen LogP contribution >= 0.6 is 0 Å².